The van der Waals surface area contributed by atoms with Gasteiger partial charge in [-0.2, -0.15) is 13.2 Å². The number of ether oxygens (including phenoxy) is 1. The maximum atomic E-state index is 12.9. The standard InChI is InChI=1S/C19H18F3N3O3S/c1-2-28-17(26)15-13(24-18(27)25-16(15)14-7-4-8-29-14)10-23-12-6-3-5-11(9-12)19(20,21)22/h3-9,16,23H,2,10H2,1H3,(H2,24,25,27)/t16-/m0/s1. The number of carbonyl (C=O) groups excluding carboxylic acids is 2. The maximum absolute atomic E-state index is 12.9. The molecule has 1 aromatic carbocycles. The molecule has 0 radical (unpaired) electrons. The Kier molecular flexibility index (Phi) is 6.12. The fourth-order valence-corrected chi connectivity index (χ4v) is 3.66. The van der Waals surface area contributed by atoms with Gasteiger partial charge in [0.1, 0.15) is 0 Å². The van der Waals surface area contributed by atoms with Crippen LogP contribution in [0.4, 0.5) is 23.7 Å². The van der Waals surface area contributed by atoms with E-state index < -0.39 is 29.8 Å². The van der Waals surface area contributed by atoms with Gasteiger partial charge in [0.05, 0.1) is 36.0 Å². The number of benzene rings is 1. The van der Waals surface area contributed by atoms with Crippen molar-refractivity contribution >= 4 is 29.0 Å². The quantitative estimate of drug-likeness (QED) is 0.610. The molecule has 0 spiro atoms. The summed E-state index contributed by atoms with van der Waals surface area (Å²) in [5.41, 5.74) is -0.153. The summed E-state index contributed by atoms with van der Waals surface area (Å²) in [4.78, 5) is 25.4. The van der Waals surface area contributed by atoms with Crippen molar-refractivity contribution in [2.24, 2.45) is 0 Å². The molecule has 0 aliphatic carbocycles. The number of anilines is 1. The van der Waals surface area contributed by atoms with Gasteiger partial charge in [0.2, 0.25) is 0 Å². The number of rotatable bonds is 6. The number of esters is 1. The molecule has 0 fully saturated rings. The van der Waals surface area contributed by atoms with E-state index in [0.29, 0.717) is 0 Å². The smallest absolute Gasteiger partial charge is 0.416 e. The van der Waals surface area contributed by atoms with Crippen LogP contribution >= 0.6 is 11.3 Å². The molecule has 6 nitrogen and oxygen atoms in total. The van der Waals surface area contributed by atoms with E-state index in [0.717, 1.165) is 17.0 Å². The first kappa shape index (κ1) is 20.7. The maximum Gasteiger partial charge on any atom is 0.416 e. The number of alkyl halides is 3. The third kappa shape index (κ3) is 4.89. The predicted molar refractivity (Wildman–Crippen MR) is 102 cm³/mol. The van der Waals surface area contributed by atoms with Crippen LogP contribution in [-0.2, 0) is 15.7 Å². The minimum atomic E-state index is -4.47. The van der Waals surface area contributed by atoms with Gasteiger partial charge in [0, 0.05) is 10.6 Å². The number of halogens is 3. The number of nitrogens with one attached hydrogen (secondary N) is 3. The second-order valence-electron chi connectivity index (χ2n) is 6.09. The molecule has 2 aromatic rings. The van der Waals surface area contributed by atoms with Gasteiger partial charge in [-0.25, -0.2) is 9.59 Å². The average molecular weight is 425 g/mol. The van der Waals surface area contributed by atoms with Gasteiger partial charge >= 0.3 is 18.2 Å². The summed E-state index contributed by atoms with van der Waals surface area (Å²) in [5, 5.41) is 9.90. The summed E-state index contributed by atoms with van der Waals surface area (Å²) >= 11 is 1.36. The van der Waals surface area contributed by atoms with E-state index in [1.165, 1.54) is 23.5 Å². The zero-order valence-corrected chi connectivity index (χ0v) is 16.1. The molecule has 1 atom stereocenters. The third-order valence-electron chi connectivity index (χ3n) is 4.14. The highest BCUT2D eigenvalue weighted by Crippen LogP contribution is 2.32. The summed E-state index contributed by atoms with van der Waals surface area (Å²) in [6.45, 7) is 1.74. The van der Waals surface area contributed by atoms with Crippen LogP contribution in [0.15, 0.2) is 53.0 Å². The molecule has 1 aromatic heterocycles. The molecule has 0 bridgehead atoms. The molecule has 2 heterocycles. The average Bonchev–Trinajstić information content (AvgIpc) is 3.20. The van der Waals surface area contributed by atoms with Crippen LogP contribution in [0.25, 0.3) is 0 Å². The molecule has 0 unspecified atom stereocenters. The van der Waals surface area contributed by atoms with E-state index in [4.69, 9.17) is 4.74 Å². The number of amides is 2. The number of urea groups is 1. The van der Waals surface area contributed by atoms with Crippen LogP contribution in [0.1, 0.15) is 23.4 Å². The Balaban J connectivity index is 1.91. The molecule has 1 aliphatic rings. The molecular formula is C19H18F3N3O3S. The summed E-state index contributed by atoms with van der Waals surface area (Å²) in [7, 11) is 0. The van der Waals surface area contributed by atoms with Crippen molar-refractivity contribution in [3.8, 4) is 0 Å². The molecular weight excluding hydrogens is 407 g/mol. The number of hydrogen-bond donors (Lipinski definition) is 3. The lowest BCUT2D eigenvalue weighted by atomic mass is 10.0. The van der Waals surface area contributed by atoms with Crippen molar-refractivity contribution in [1.29, 1.82) is 0 Å². The molecule has 29 heavy (non-hydrogen) atoms. The Labute approximate surface area is 168 Å². The van der Waals surface area contributed by atoms with E-state index in [-0.39, 0.29) is 30.1 Å². The Hall–Kier alpha value is -3.01. The summed E-state index contributed by atoms with van der Waals surface area (Å²) in [6, 6.07) is 7.02. The topological polar surface area (TPSA) is 79.5 Å². The zero-order chi connectivity index (χ0) is 21.0. The normalized spacial score (nSPS) is 16.8. The molecule has 10 heteroatoms. The van der Waals surface area contributed by atoms with Gasteiger partial charge in [-0.1, -0.05) is 12.1 Å². The molecule has 3 rings (SSSR count). The van der Waals surface area contributed by atoms with Gasteiger partial charge in [0.15, 0.2) is 0 Å². The van der Waals surface area contributed by atoms with Gasteiger partial charge in [-0.3, -0.25) is 0 Å². The van der Waals surface area contributed by atoms with Gasteiger partial charge < -0.3 is 20.7 Å². The molecule has 1 aliphatic heterocycles. The van der Waals surface area contributed by atoms with Crippen molar-refractivity contribution < 1.29 is 27.5 Å². The highest BCUT2D eigenvalue weighted by Gasteiger charge is 2.34. The van der Waals surface area contributed by atoms with Gasteiger partial charge in [-0.05, 0) is 36.6 Å². The largest absolute Gasteiger partial charge is 0.463 e. The van der Waals surface area contributed by atoms with Crippen molar-refractivity contribution in [2.75, 3.05) is 18.5 Å². The second-order valence-corrected chi connectivity index (χ2v) is 7.07. The fraction of sp³-hybridized carbons (Fsp3) is 0.263. The van der Waals surface area contributed by atoms with Crippen LogP contribution < -0.4 is 16.0 Å². The van der Waals surface area contributed by atoms with E-state index in [2.05, 4.69) is 16.0 Å². The van der Waals surface area contributed by atoms with Crippen LogP contribution in [0.2, 0.25) is 0 Å². The first-order valence-electron chi connectivity index (χ1n) is 8.71. The van der Waals surface area contributed by atoms with Crippen LogP contribution in [0.5, 0.6) is 0 Å². The highest BCUT2D eigenvalue weighted by atomic mass is 32.1. The van der Waals surface area contributed by atoms with Crippen molar-refractivity contribution in [3.63, 3.8) is 0 Å². The number of carbonyl (C=O) groups is 2. The van der Waals surface area contributed by atoms with Gasteiger partial charge in [-0.15, -0.1) is 11.3 Å². The first-order chi connectivity index (χ1) is 13.8. The number of hydrogen-bond acceptors (Lipinski definition) is 5. The van der Waals surface area contributed by atoms with Crippen LogP contribution in [-0.4, -0.2) is 25.2 Å². The van der Waals surface area contributed by atoms with Crippen molar-refractivity contribution in [1.82, 2.24) is 10.6 Å². The van der Waals surface area contributed by atoms with E-state index in [9.17, 15) is 22.8 Å². The van der Waals surface area contributed by atoms with Crippen molar-refractivity contribution in [2.45, 2.75) is 19.1 Å². The SMILES string of the molecule is CCOC(=O)C1=C(CNc2cccc(C(F)(F)F)c2)NC(=O)N[C@H]1c1cccs1. The first-order valence-corrected chi connectivity index (χ1v) is 9.59. The fourth-order valence-electron chi connectivity index (χ4n) is 2.87. The molecule has 3 N–H and O–H groups in total. The van der Waals surface area contributed by atoms with E-state index in [1.54, 1.807) is 19.1 Å². The monoisotopic (exact) mass is 425 g/mol. The van der Waals surface area contributed by atoms with Gasteiger partial charge in [0.25, 0.3) is 0 Å². The lowest BCUT2D eigenvalue weighted by Gasteiger charge is -2.28. The van der Waals surface area contributed by atoms with Crippen LogP contribution in [0, 0.1) is 0 Å². The predicted octanol–water partition coefficient (Wildman–Crippen LogP) is 4.05. The van der Waals surface area contributed by atoms with E-state index >= 15 is 0 Å². The minimum absolute atomic E-state index is 0.0647. The Morgan fingerprint density at radius 2 is 2.07 bits per heavy atom. The minimum Gasteiger partial charge on any atom is -0.463 e. The lowest BCUT2D eigenvalue weighted by Crippen LogP contribution is -2.47. The zero-order valence-electron chi connectivity index (χ0n) is 15.3. The summed E-state index contributed by atoms with van der Waals surface area (Å²) in [6.07, 6.45) is -4.47. The molecule has 154 valence electrons. The van der Waals surface area contributed by atoms with Crippen LogP contribution in [0.3, 0.4) is 0 Å². The highest BCUT2D eigenvalue weighted by molar-refractivity contribution is 7.10. The van der Waals surface area contributed by atoms with E-state index in [1.807, 2.05) is 5.38 Å². The Morgan fingerprint density at radius 1 is 1.28 bits per heavy atom. The Morgan fingerprint density at radius 3 is 2.72 bits per heavy atom. The molecule has 2 amide bonds. The molecule has 0 saturated carbocycles. The summed E-state index contributed by atoms with van der Waals surface area (Å²) < 4.78 is 43.9. The number of thiophene rings is 1. The lowest BCUT2D eigenvalue weighted by molar-refractivity contribution is -0.139. The summed E-state index contributed by atoms with van der Waals surface area (Å²) in [5.74, 6) is -0.612. The third-order valence-corrected chi connectivity index (χ3v) is 5.07. The second kappa shape index (κ2) is 8.56. The molecule has 0 saturated heterocycles. The Bertz CT molecular complexity index is 926. The van der Waals surface area contributed by atoms with Crippen molar-refractivity contribution in [3.05, 3.63) is 63.5 Å².